The number of hydrogen-bond donors (Lipinski definition) is 1. The highest BCUT2D eigenvalue weighted by molar-refractivity contribution is 5.79. The lowest BCUT2D eigenvalue weighted by atomic mass is 9.81. The van der Waals surface area contributed by atoms with Gasteiger partial charge >= 0.3 is 5.97 Å². The Bertz CT molecular complexity index is 334. The van der Waals surface area contributed by atoms with E-state index in [1.807, 2.05) is 4.90 Å². The van der Waals surface area contributed by atoms with Crippen molar-refractivity contribution in [3.8, 4) is 0 Å². The number of amides is 1. The van der Waals surface area contributed by atoms with Crippen molar-refractivity contribution in [1.82, 2.24) is 4.90 Å². The Hall–Kier alpha value is -1.06. The number of likely N-dealkylation sites (tertiary alicyclic amines) is 1. The monoisotopic (exact) mass is 267 g/mol. The lowest BCUT2D eigenvalue weighted by Crippen LogP contribution is -2.40. The predicted molar refractivity (Wildman–Crippen MR) is 72.7 cm³/mol. The summed E-state index contributed by atoms with van der Waals surface area (Å²) in [6, 6.07) is 0. The second-order valence-corrected chi connectivity index (χ2v) is 6.27. The van der Waals surface area contributed by atoms with Crippen molar-refractivity contribution in [3.05, 3.63) is 0 Å². The first kappa shape index (κ1) is 14.4. The average molecular weight is 267 g/mol. The molecule has 2 aliphatic rings. The third-order valence-electron chi connectivity index (χ3n) is 4.64. The van der Waals surface area contributed by atoms with Gasteiger partial charge in [-0.05, 0) is 44.4 Å². The Morgan fingerprint density at radius 2 is 1.63 bits per heavy atom. The van der Waals surface area contributed by atoms with Gasteiger partial charge in [0.2, 0.25) is 5.91 Å². The number of carboxylic acid groups (broad SMARTS) is 1. The molecule has 0 spiro atoms. The van der Waals surface area contributed by atoms with Crippen LogP contribution in [0.1, 0.15) is 51.9 Å². The molecule has 108 valence electrons. The third kappa shape index (κ3) is 3.71. The number of rotatable bonds is 2. The zero-order chi connectivity index (χ0) is 13.8. The molecule has 1 saturated heterocycles. The molecule has 1 N–H and O–H groups in total. The Morgan fingerprint density at radius 1 is 1.00 bits per heavy atom. The maximum absolute atomic E-state index is 12.5. The molecule has 0 aromatic heterocycles. The second-order valence-electron chi connectivity index (χ2n) is 6.27. The molecule has 1 aliphatic carbocycles. The van der Waals surface area contributed by atoms with E-state index in [4.69, 9.17) is 5.11 Å². The van der Waals surface area contributed by atoms with E-state index in [1.165, 1.54) is 12.8 Å². The summed E-state index contributed by atoms with van der Waals surface area (Å²) in [5.74, 6) is 0.0155. The Morgan fingerprint density at radius 3 is 2.26 bits per heavy atom. The Balaban J connectivity index is 1.88. The van der Waals surface area contributed by atoms with Crippen LogP contribution in [0.15, 0.2) is 0 Å². The van der Waals surface area contributed by atoms with Gasteiger partial charge in [0.25, 0.3) is 0 Å². The normalized spacial score (nSPS) is 32.7. The zero-order valence-corrected chi connectivity index (χ0v) is 11.8. The van der Waals surface area contributed by atoms with Crippen LogP contribution >= 0.6 is 0 Å². The molecule has 1 unspecified atom stereocenters. The standard InChI is InChI=1S/C15H25NO3/c1-11-4-2-3-9-16(10-11)14(17)12-5-7-13(8-6-12)15(18)19/h11-13H,2-10H2,1H3,(H,18,19). The smallest absolute Gasteiger partial charge is 0.306 e. The van der Waals surface area contributed by atoms with E-state index < -0.39 is 5.97 Å². The zero-order valence-electron chi connectivity index (χ0n) is 11.8. The molecular weight excluding hydrogens is 242 g/mol. The molecule has 1 heterocycles. The first-order valence-electron chi connectivity index (χ1n) is 7.59. The van der Waals surface area contributed by atoms with Crippen molar-refractivity contribution in [1.29, 1.82) is 0 Å². The molecule has 0 aromatic carbocycles. The van der Waals surface area contributed by atoms with Crippen LogP contribution in [0.4, 0.5) is 0 Å². The number of carbonyl (C=O) groups is 2. The summed E-state index contributed by atoms with van der Waals surface area (Å²) in [4.78, 5) is 25.5. The highest BCUT2D eigenvalue weighted by atomic mass is 16.4. The molecule has 1 atom stereocenters. The third-order valence-corrected chi connectivity index (χ3v) is 4.64. The summed E-state index contributed by atoms with van der Waals surface area (Å²) in [5.41, 5.74) is 0. The topological polar surface area (TPSA) is 57.6 Å². The van der Waals surface area contributed by atoms with Gasteiger partial charge in [0, 0.05) is 19.0 Å². The van der Waals surface area contributed by atoms with Crippen LogP contribution in [-0.2, 0) is 9.59 Å². The second kappa shape index (κ2) is 6.40. The van der Waals surface area contributed by atoms with Crippen LogP contribution < -0.4 is 0 Å². The Kier molecular flexibility index (Phi) is 4.83. The van der Waals surface area contributed by atoms with E-state index >= 15 is 0 Å². The fraction of sp³-hybridized carbons (Fsp3) is 0.867. The molecule has 19 heavy (non-hydrogen) atoms. The van der Waals surface area contributed by atoms with Crippen LogP contribution in [0.25, 0.3) is 0 Å². The maximum Gasteiger partial charge on any atom is 0.306 e. The van der Waals surface area contributed by atoms with Crippen LogP contribution in [0, 0.1) is 17.8 Å². The summed E-state index contributed by atoms with van der Waals surface area (Å²) in [7, 11) is 0. The summed E-state index contributed by atoms with van der Waals surface area (Å²) in [6.45, 7) is 3.99. The van der Waals surface area contributed by atoms with Gasteiger partial charge in [0.1, 0.15) is 0 Å². The van der Waals surface area contributed by atoms with Gasteiger partial charge in [-0.3, -0.25) is 9.59 Å². The SMILES string of the molecule is CC1CCCCN(C(=O)C2CCC(C(=O)O)CC2)C1. The van der Waals surface area contributed by atoms with Gasteiger partial charge in [0.15, 0.2) is 0 Å². The minimum Gasteiger partial charge on any atom is -0.481 e. The van der Waals surface area contributed by atoms with Gasteiger partial charge in [-0.2, -0.15) is 0 Å². The Labute approximate surface area is 115 Å². The minimum atomic E-state index is -0.700. The van der Waals surface area contributed by atoms with Gasteiger partial charge in [-0.15, -0.1) is 0 Å². The molecule has 0 aromatic rings. The number of carboxylic acids is 1. The number of hydrogen-bond acceptors (Lipinski definition) is 2. The quantitative estimate of drug-likeness (QED) is 0.836. The van der Waals surface area contributed by atoms with E-state index in [0.29, 0.717) is 18.8 Å². The fourth-order valence-electron chi connectivity index (χ4n) is 3.40. The molecule has 0 radical (unpaired) electrons. The molecule has 2 fully saturated rings. The molecule has 4 heteroatoms. The lowest BCUT2D eigenvalue weighted by molar-refractivity contribution is -0.145. The number of aliphatic carboxylic acids is 1. The maximum atomic E-state index is 12.5. The van der Waals surface area contributed by atoms with Crippen molar-refractivity contribution in [2.24, 2.45) is 17.8 Å². The van der Waals surface area contributed by atoms with Crippen molar-refractivity contribution in [2.45, 2.75) is 51.9 Å². The fourth-order valence-corrected chi connectivity index (χ4v) is 3.40. The summed E-state index contributed by atoms with van der Waals surface area (Å²) in [6.07, 6.45) is 6.37. The van der Waals surface area contributed by atoms with Gasteiger partial charge < -0.3 is 10.0 Å². The minimum absolute atomic E-state index is 0.0703. The molecular formula is C15H25NO3. The number of carbonyl (C=O) groups excluding carboxylic acids is 1. The highest BCUT2D eigenvalue weighted by Gasteiger charge is 2.32. The molecule has 1 amide bonds. The first-order valence-corrected chi connectivity index (χ1v) is 7.59. The molecule has 1 aliphatic heterocycles. The molecule has 2 rings (SSSR count). The van der Waals surface area contributed by atoms with E-state index in [1.54, 1.807) is 0 Å². The largest absolute Gasteiger partial charge is 0.481 e. The summed E-state index contributed by atoms with van der Waals surface area (Å²) >= 11 is 0. The highest BCUT2D eigenvalue weighted by Crippen LogP contribution is 2.31. The van der Waals surface area contributed by atoms with Crippen molar-refractivity contribution in [2.75, 3.05) is 13.1 Å². The van der Waals surface area contributed by atoms with E-state index in [-0.39, 0.29) is 17.7 Å². The van der Waals surface area contributed by atoms with Gasteiger partial charge in [-0.25, -0.2) is 0 Å². The van der Waals surface area contributed by atoms with Gasteiger partial charge in [0.05, 0.1) is 5.92 Å². The van der Waals surface area contributed by atoms with E-state index in [0.717, 1.165) is 32.4 Å². The van der Waals surface area contributed by atoms with E-state index in [2.05, 4.69) is 6.92 Å². The van der Waals surface area contributed by atoms with Crippen molar-refractivity contribution < 1.29 is 14.7 Å². The predicted octanol–water partition coefficient (Wildman–Crippen LogP) is 2.53. The van der Waals surface area contributed by atoms with E-state index in [9.17, 15) is 9.59 Å². The van der Waals surface area contributed by atoms with Crippen molar-refractivity contribution >= 4 is 11.9 Å². The summed E-state index contributed by atoms with van der Waals surface area (Å²) in [5, 5.41) is 8.99. The molecule has 4 nitrogen and oxygen atoms in total. The van der Waals surface area contributed by atoms with Crippen LogP contribution in [0.3, 0.4) is 0 Å². The van der Waals surface area contributed by atoms with Crippen LogP contribution in [0.5, 0.6) is 0 Å². The van der Waals surface area contributed by atoms with Crippen LogP contribution in [-0.4, -0.2) is 35.0 Å². The molecule has 1 saturated carbocycles. The number of nitrogens with zero attached hydrogens (tertiary/aromatic N) is 1. The van der Waals surface area contributed by atoms with Gasteiger partial charge in [-0.1, -0.05) is 13.3 Å². The lowest BCUT2D eigenvalue weighted by Gasteiger charge is -2.31. The van der Waals surface area contributed by atoms with Crippen LogP contribution in [0.2, 0.25) is 0 Å². The average Bonchev–Trinajstić information content (AvgIpc) is 2.62. The molecule has 0 bridgehead atoms. The van der Waals surface area contributed by atoms with Crippen molar-refractivity contribution in [3.63, 3.8) is 0 Å². The first-order chi connectivity index (χ1) is 9.08. The summed E-state index contributed by atoms with van der Waals surface area (Å²) < 4.78 is 0.